The molecule has 3 N–H and O–H groups in total. The summed E-state index contributed by atoms with van der Waals surface area (Å²) in [5.74, 6) is 5.72. The Morgan fingerprint density at radius 1 is 1.07 bits per heavy atom. The number of fused-ring (bicyclic) bond motifs is 1. The minimum Gasteiger partial charge on any atom is -0.305 e. The lowest BCUT2D eigenvalue weighted by atomic mass is 10.0. The number of H-pyrrole nitrogens is 1. The fraction of sp³-hybridized carbons (Fsp3) is 0.143. The Balaban J connectivity index is 1.68. The van der Waals surface area contributed by atoms with Crippen molar-refractivity contribution in [3.63, 3.8) is 0 Å². The van der Waals surface area contributed by atoms with Gasteiger partial charge in [0.1, 0.15) is 0 Å². The van der Waals surface area contributed by atoms with Crippen LogP contribution in [0, 0.1) is 0 Å². The lowest BCUT2D eigenvalue weighted by molar-refractivity contribution is 0.0983. The number of benzene rings is 1. The first kappa shape index (κ1) is 18.7. The number of carbonyl (C=O) groups is 1. The molecule has 146 valence electrons. The minimum atomic E-state index is -0.414. The van der Waals surface area contributed by atoms with Crippen LogP contribution in [0.15, 0.2) is 61.2 Å². The molecule has 3 heterocycles. The molecule has 4 rings (SSSR count). The molecule has 0 aliphatic heterocycles. The maximum absolute atomic E-state index is 13.1. The SMILES string of the molecule is CN(C)Cc1cncc(N(N)C(=O)c2n[nH]c3ccc(-c4cccnc4)cc23)c1. The number of anilines is 1. The highest BCUT2D eigenvalue weighted by Crippen LogP contribution is 2.26. The molecule has 0 aliphatic carbocycles. The van der Waals surface area contributed by atoms with Crippen molar-refractivity contribution in [2.75, 3.05) is 19.1 Å². The maximum Gasteiger partial charge on any atom is 0.293 e. The molecule has 0 atom stereocenters. The Morgan fingerprint density at radius 3 is 2.69 bits per heavy atom. The van der Waals surface area contributed by atoms with Gasteiger partial charge in [-0.05, 0) is 49.5 Å². The molecule has 29 heavy (non-hydrogen) atoms. The number of nitrogens with zero attached hydrogens (tertiary/aromatic N) is 5. The van der Waals surface area contributed by atoms with Crippen LogP contribution < -0.4 is 10.9 Å². The van der Waals surface area contributed by atoms with Crippen molar-refractivity contribution in [1.82, 2.24) is 25.1 Å². The molecule has 3 aromatic heterocycles. The van der Waals surface area contributed by atoms with Gasteiger partial charge in [-0.2, -0.15) is 5.10 Å². The second-order valence-corrected chi connectivity index (χ2v) is 7.04. The van der Waals surface area contributed by atoms with Crippen molar-refractivity contribution < 1.29 is 4.79 Å². The third kappa shape index (κ3) is 3.84. The predicted octanol–water partition coefficient (Wildman–Crippen LogP) is 2.60. The molecule has 4 aromatic rings. The number of amides is 1. The van der Waals surface area contributed by atoms with E-state index in [1.54, 1.807) is 24.8 Å². The number of nitrogens with two attached hydrogens (primary N) is 1. The van der Waals surface area contributed by atoms with Crippen molar-refractivity contribution in [2.45, 2.75) is 6.54 Å². The zero-order valence-corrected chi connectivity index (χ0v) is 16.2. The highest BCUT2D eigenvalue weighted by Gasteiger charge is 2.21. The molecule has 0 aliphatic rings. The van der Waals surface area contributed by atoms with E-state index in [-0.39, 0.29) is 5.69 Å². The highest BCUT2D eigenvalue weighted by atomic mass is 16.2. The van der Waals surface area contributed by atoms with Crippen LogP contribution >= 0.6 is 0 Å². The largest absolute Gasteiger partial charge is 0.305 e. The van der Waals surface area contributed by atoms with Crippen LogP contribution in [-0.4, -0.2) is 45.1 Å². The van der Waals surface area contributed by atoms with E-state index in [4.69, 9.17) is 5.84 Å². The smallest absolute Gasteiger partial charge is 0.293 e. The molecular weight excluding hydrogens is 366 g/mol. The van der Waals surface area contributed by atoms with Crippen LogP contribution in [0.1, 0.15) is 16.1 Å². The Labute approximate surface area is 168 Å². The van der Waals surface area contributed by atoms with Gasteiger partial charge >= 0.3 is 0 Å². The Bertz CT molecular complexity index is 1150. The quantitative estimate of drug-likeness (QED) is 0.310. The Kier molecular flexibility index (Phi) is 5.03. The second-order valence-electron chi connectivity index (χ2n) is 7.04. The number of hydrogen-bond donors (Lipinski definition) is 2. The predicted molar refractivity (Wildman–Crippen MR) is 112 cm³/mol. The summed E-state index contributed by atoms with van der Waals surface area (Å²) >= 11 is 0. The van der Waals surface area contributed by atoms with Gasteiger partial charge in [-0.3, -0.25) is 19.9 Å². The molecular formula is C21H21N7O. The molecule has 0 unspecified atom stereocenters. The van der Waals surface area contributed by atoms with Crippen molar-refractivity contribution >= 4 is 22.5 Å². The van der Waals surface area contributed by atoms with Crippen molar-refractivity contribution in [1.29, 1.82) is 0 Å². The van der Waals surface area contributed by atoms with Crippen LogP contribution in [0.25, 0.3) is 22.0 Å². The van der Waals surface area contributed by atoms with E-state index in [2.05, 4.69) is 20.2 Å². The Hall–Kier alpha value is -3.62. The molecule has 0 saturated heterocycles. The van der Waals surface area contributed by atoms with Gasteiger partial charge < -0.3 is 4.90 Å². The zero-order chi connectivity index (χ0) is 20.4. The minimum absolute atomic E-state index is 0.256. The van der Waals surface area contributed by atoms with Gasteiger partial charge in [0.25, 0.3) is 5.91 Å². The third-order valence-electron chi connectivity index (χ3n) is 4.54. The normalized spacial score (nSPS) is 11.2. The highest BCUT2D eigenvalue weighted by molar-refractivity contribution is 6.12. The summed E-state index contributed by atoms with van der Waals surface area (Å²) in [6.45, 7) is 0.697. The van der Waals surface area contributed by atoms with E-state index in [1.807, 2.05) is 55.4 Å². The summed E-state index contributed by atoms with van der Waals surface area (Å²) in [7, 11) is 3.93. The number of rotatable bonds is 5. The van der Waals surface area contributed by atoms with E-state index in [0.29, 0.717) is 17.6 Å². The van der Waals surface area contributed by atoms with E-state index in [0.717, 1.165) is 27.2 Å². The third-order valence-corrected chi connectivity index (χ3v) is 4.54. The van der Waals surface area contributed by atoms with E-state index >= 15 is 0 Å². The molecule has 0 saturated carbocycles. The number of carbonyl (C=O) groups excluding carboxylic acids is 1. The van der Waals surface area contributed by atoms with E-state index in [1.165, 1.54) is 0 Å². The maximum atomic E-state index is 13.1. The molecule has 0 fully saturated rings. The lowest BCUT2D eigenvalue weighted by Gasteiger charge is -2.17. The average Bonchev–Trinajstić information content (AvgIpc) is 3.16. The molecule has 1 amide bonds. The number of hydrogen-bond acceptors (Lipinski definition) is 6. The molecule has 8 nitrogen and oxygen atoms in total. The first-order valence-corrected chi connectivity index (χ1v) is 9.09. The summed E-state index contributed by atoms with van der Waals surface area (Å²) in [6, 6.07) is 11.4. The van der Waals surface area contributed by atoms with Gasteiger partial charge in [0.05, 0.1) is 17.4 Å². The standard InChI is InChI=1S/C21H21N7O/c1-27(2)13-14-8-17(12-24-10-14)28(22)21(29)20-18-9-15(5-6-19(18)25-26-20)16-4-3-7-23-11-16/h3-12H,13,22H2,1-2H3,(H,25,26). The van der Waals surface area contributed by atoms with Gasteiger partial charge in [0.15, 0.2) is 5.69 Å². The number of aromatic amines is 1. The van der Waals surface area contributed by atoms with Crippen molar-refractivity contribution in [3.8, 4) is 11.1 Å². The fourth-order valence-corrected chi connectivity index (χ4v) is 3.18. The summed E-state index contributed by atoms with van der Waals surface area (Å²) in [5.41, 5.74) is 4.38. The van der Waals surface area contributed by atoms with Crippen LogP contribution in [0.4, 0.5) is 5.69 Å². The van der Waals surface area contributed by atoms with Crippen molar-refractivity contribution in [2.24, 2.45) is 5.84 Å². The first-order chi connectivity index (χ1) is 14.0. The number of hydrazine groups is 1. The van der Waals surface area contributed by atoms with Gasteiger partial charge in [0, 0.05) is 36.1 Å². The van der Waals surface area contributed by atoms with Crippen LogP contribution in [-0.2, 0) is 6.54 Å². The van der Waals surface area contributed by atoms with Gasteiger partial charge in [-0.1, -0.05) is 12.1 Å². The Morgan fingerprint density at radius 2 is 1.93 bits per heavy atom. The van der Waals surface area contributed by atoms with E-state index in [9.17, 15) is 4.79 Å². The van der Waals surface area contributed by atoms with Gasteiger partial charge in [-0.15, -0.1) is 0 Å². The second kappa shape index (κ2) is 7.78. The molecule has 0 radical (unpaired) electrons. The lowest BCUT2D eigenvalue weighted by Crippen LogP contribution is -2.38. The van der Waals surface area contributed by atoms with Crippen molar-refractivity contribution in [3.05, 3.63) is 72.4 Å². The van der Waals surface area contributed by atoms with Gasteiger partial charge in [0.2, 0.25) is 0 Å². The number of aromatic nitrogens is 4. The summed E-state index contributed by atoms with van der Waals surface area (Å²) in [6.07, 6.45) is 6.82. The fourth-order valence-electron chi connectivity index (χ4n) is 3.18. The van der Waals surface area contributed by atoms with Crippen LogP contribution in [0.3, 0.4) is 0 Å². The first-order valence-electron chi connectivity index (χ1n) is 9.09. The molecule has 0 bridgehead atoms. The number of pyridine rings is 2. The molecule has 0 spiro atoms. The van der Waals surface area contributed by atoms with Gasteiger partial charge in [-0.25, -0.2) is 10.9 Å². The van der Waals surface area contributed by atoms with Crippen LogP contribution in [0.2, 0.25) is 0 Å². The summed E-state index contributed by atoms with van der Waals surface area (Å²) < 4.78 is 0. The van der Waals surface area contributed by atoms with E-state index < -0.39 is 5.91 Å². The average molecular weight is 387 g/mol. The number of nitrogens with one attached hydrogen (secondary N) is 1. The topological polar surface area (TPSA) is 104 Å². The van der Waals surface area contributed by atoms with Crippen LogP contribution in [0.5, 0.6) is 0 Å². The summed E-state index contributed by atoms with van der Waals surface area (Å²) in [4.78, 5) is 23.4. The molecule has 1 aromatic carbocycles. The summed E-state index contributed by atoms with van der Waals surface area (Å²) in [5, 5.41) is 8.89. The zero-order valence-electron chi connectivity index (χ0n) is 16.2. The monoisotopic (exact) mass is 387 g/mol. The molecule has 8 heteroatoms.